The lowest BCUT2D eigenvalue weighted by Gasteiger charge is -2.10. The molecule has 0 saturated heterocycles. The fourth-order valence-corrected chi connectivity index (χ4v) is 3.09. The number of hydrogen-bond donors (Lipinski definition) is 0. The average Bonchev–Trinajstić information content (AvgIpc) is 3.03. The largest absolute Gasteiger partial charge is 0.493 e. The van der Waals surface area contributed by atoms with E-state index < -0.39 is 0 Å². The molecule has 3 heterocycles. The Labute approximate surface area is 144 Å². The Hall–Kier alpha value is -2.96. The number of hydrogen-bond acceptors (Lipinski definition) is 6. The van der Waals surface area contributed by atoms with Gasteiger partial charge < -0.3 is 23.3 Å². The van der Waals surface area contributed by atoms with Crippen molar-refractivity contribution in [1.82, 2.24) is 14.7 Å². The second-order valence-electron chi connectivity index (χ2n) is 6.29. The Morgan fingerprint density at radius 2 is 2.16 bits per heavy atom. The van der Waals surface area contributed by atoms with Crippen LogP contribution in [0.1, 0.15) is 30.2 Å². The van der Waals surface area contributed by atoms with Gasteiger partial charge in [-0.05, 0) is 25.0 Å². The topological polar surface area (TPSA) is 71.5 Å². The first kappa shape index (κ1) is 14.4. The third kappa shape index (κ3) is 2.52. The predicted octanol–water partition coefficient (Wildman–Crippen LogP) is 3.20. The van der Waals surface area contributed by atoms with E-state index in [4.69, 9.17) is 18.7 Å². The number of ether oxygens (including phenoxy) is 3. The van der Waals surface area contributed by atoms with E-state index in [9.17, 15) is 0 Å². The van der Waals surface area contributed by atoms with Crippen LogP contribution in [0.3, 0.4) is 0 Å². The molecule has 0 bridgehead atoms. The molecular weight excluding hydrogens is 322 g/mol. The molecule has 0 spiro atoms. The van der Waals surface area contributed by atoms with E-state index in [0.717, 1.165) is 22.8 Å². The molecule has 1 aliphatic heterocycles. The van der Waals surface area contributed by atoms with Gasteiger partial charge in [0.25, 0.3) is 0 Å². The molecule has 0 N–H and O–H groups in total. The summed E-state index contributed by atoms with van der Waals surface area (Å²) in [6.07, 6.45) is 6.09. The number of fused-ring (bicyclic) bond motifs is 1. The van der Waals surface area contributed by atoms with Crippen LogP contribution in [0.4, 0.5) is 0 Å². The second-order valence-corrected chi connectivity index (χ2v) is 6.29. The SMILES string of the molecule is COc1cc(-c2nccn2Cc2cc(C3CC3)on2)cc2c1OCO2. The fourth-order valence-electron chi connectivity index (χ4n) is 3.09. The van der Waals surface area contributed by atoms with Gasteiger partial charge in [0.15, 0.2) is 11.5 Å². The Balaban J connectivity index is 1.48. The summed E-state index contributed by atoms with van der Waals surface area (Å²) in [5.74, 6) is 4.30. The molecular formula is C18H17N3O4. The van der Waals surface area contributed by atoms with Crippen LogP contribution in [0, 0.1) is 0 Å². The number of imidazole rings is 1. The average molecular weight is 339 g/mol. The van der Waals surface area contributed by atoms with Crippen molar-refractivity contribution in [3.63, 3.8) is 0 Å². The van der Waals surface area contributed by atoms with E-state index in [0.29, 0.717) is 29.7 Å². The molecule has 7 nitrogen and oxygen atoms in total. The predicted molar refractivity (Wildman–Crippen MR) is 87.9 cm³/mol. The summed E-state index contributed by atoms with van der Waals surface area (Å²) in [5.41, 5.74) is 1.80. The summed E-state index contributed by atoms with van der Waals surface area (Å²) in [6.45, 7) is 0.800. The van der Waals surface area contributed by atoms with Crippen molar-refractivity contribution in [2.75, 3.05) is 13.9 Å². The monoisotopic (exact) mass is 339 g/mol. The van der Waals surface area contributed by atoms with Crippen molar-refractivity contribution in [2.45, 2.75) is 25.3 Å². The van der Waals surface area contributed by atoms with Crippen LogP contribution in [-0.4, -0.2) is 28.6 Å². The van der Waals surface area contributed by atoms with Gasteiger partial charge in [0.2, 0.25) is 12.5 Å². The van der Waals surface area contributed by atoms with Crippen LogP contribution in [0.25, 0.3) is 11.4 Å². The van der Waals surface area contributed by atoms with Crippen molar-refractivity contribution >= 4 is 0 Å². The van der Waals surface area contributed by atoms with Gasteiger partial charge in [-0.1, -0.05) is 5.16 Å². The molecule has 1 aromatic carbocycles. The van der Waals surface area contributed by atoms with Crippen LogP contribution >= 0.6 is 0 Å². The summed E-state index contributed by atoms with van der Waals surface area (Å²) in [6, 6.07) is 5.87. The van der Waals surface area contributed by atoms with E-state index in [1.165, 1.54) is 12.8 Å². The molecule has 25 heavy (non-hydrogen) atoms. The van der Waals surface area contributed by atoms with Crippen molar-refractivity contribution in [3.8, 4) is 28.6 Å². The minimum Gasteiger partial charge on any atom is -0.493 e. The number of methoxy groups -OCH3 is 1. The normalized spacial score (nSPS) is 15.6. The third-order valence-electron chi connectivity index (χ3n) is 4.52. The molecule has 1 aliphatic carbocycles. The molecule has 2 aliphatic rings. The zero-order chi connectivity index (χ0) is 16.8. The maximum Gasteiger partial charge on any atom is 0.231 e. The first-order valence-corrected chi connectivity index (χ1v) is 8.26. The van der Waals surface area contributed by atoms with Crippen molar-refractivity contribution in [3.05, 3.63) is 42.0 Å². The van der Waals surface area contributed by atoms with Gasteiger partial charge in [-0.25, -0.2) is 4.98 Å². The summed E-state index contributed by atoms with van der Waals surface area (Å²) in [4.78, 5) is 4.49. The molecule has 3 aromatic rings. The van der Waals surface area contributed by atoms with Gasteiger partial charge in [0, 0.05) is 29.9 Å². The first-order chi connectivity index (χ1) is 12.3. The Kier molecular flexibility index (Phi) is 3.19. The fraction of sp³-hybridized carbons (Fsp3) is 0.333. The summed E-state index contributed by atoms with van der Waals surface area (Å²) in [5, 5.41) is 4.19. The quantitative estimate of drug-likeness (QED) is 0.711. The van der Waals surface area contributed by atoms with Crippen LogP contribution in [0.5, 0.6) is 17.2 Å². The van der Waals surface area contributed by atoms with Crippen molar-refractivity contribution in [1.29, 1.82) is 0 Å². The number of benzene rings is 1. The zero-order valence-corrected chi connectivity index (χ0v) is 13.8. The van der Waals surface area contributed by atoms with Gasteiger partial charge in [0.05, 0.1) is 13.7 Å². The van der Waals surface area contributed by atoms with Crippen molar-refractivity contribution < 1.29 is 18.7 Å². The van der Waals surface area contributed by atoms with Gasteiger partial charge in [-0.2, -0.15) is 0 Å². The van der Waals surface area contributed by atoms with E-state index >= 15 is 0 Å². The maximum atomic E-state index is 5.51. The highest BCUT2D eigenvalue weighted by atomic mass is 16.7. The summed E-state index contributed by atoms with van der Waals surface area (Å²) in [7, 11) is 1.61. The molecule has 1 fully saturated rings. The van der Waals surface area contributed by atoms with Crippen LogP contribution in [0.15, 0.2) is 35.1 Å². The lowest BCUT2D eigenvalue weighted by molar-refractivity contribution is 0.171. The number of rotatable bonds is 5. The minimum absolute atomic E-state index is 0.201. The molecule has 0 atom stereocenters. The zero-order valence-electron chi connectivity index (χ0n) is 13.8. The molecule has 0 radical (unpaired) electrons. The molecule has 1 saturated carbocycles. The van der Waals surface area contributed by atoms with Gasteiger partial charge in [0.1, 0.15) is 17.3 Å². The minimum atomic E-state index is 0.201. The van der Waals surface area contributed by atoms with E-state index in [1.807, 2.05) is 29.0 Å². The van der Waals surface area contributed by atoms with Gasteiger partial charge in [-0.3, -0.25) is 0 Å². The Bertz CT molecular complexity index is 926. The molecule has 128 valence electrons. The second kappa shape index (κ2) is 5.54. The Morgan fingerprint density at radius 3 is 3.00 bits per heavy atom. The lowest BCUT2D eigenvalue weighted by Crippen LogP contribution is -2.01. The van der Waals surface area contributed by atoms with Gasteiger partial charge >= 0.3 is 0 Å². The third-order valence-corrected chi connectivity index (χ3v) is 4.52. The lowest BCUT2D eigenvalue weighted by atomic mass is 10.1. The van der Waals surface area contributed by atoms with E-state index in [-0.39, 0.29) is 6.79 Å². The molecule has 7 heteroatoms. The Morgan fingerprint density at radius 1 is 1.24 bits per heavy atom. The summed E-state index contributed by atoms with van der Waals surface area (Å²) >= 11 is 0. The smallest absolute Gasteiger partial charge is 0.231 e. The maximum absolute atomic E-state index is 5.51. The molecule has 2 aromatic heterocycles. The number of aromatic nitrogens is 3. The van der Waals surface area contributed by atoms with Crippen LogP contribution in [-0.2, 0) is 6.54 Å². The highest BCUT2D eigenvalue weighted by Crippen LogP contribution is 2.44. The van der Waals surface area contributed by atoms with Crippen LogP contribution in [0.2, 0.25) is 0 Å². The highest BCUT2D eigenvalue weighted by Gasteiger charge is 2.28. The highest BCUT2D eigenvalue weighted by molar-refractivity contribution is 5.67. The summed E-state index contributed by atoms with van der Waals surface area (Å²) < 4.78 is 23.9. The van der Waals surface area contributed by atoms with Crippen molar-refractivity contribution in [2.24, 2.45) is 0 Å². The van der Waals surface area contributed by atoms with E-state index in [2.05, 4.69) is 10.1 Å². The van der Waals surface area contributed by atoms with E-state index in [1.54, 1.807) is 13.3 Å². The first-order valence-electron chi connectivity index (χ1n) is 8.26. The van der Waals surface area contributed by atoms with Gasteiger partial charge in [-0.15, -0.1) is 0 Å². The molecule has 5 rings (SSSR count). The number of nitrogens with zero attached hydrogens (tertiary/aromatic N) is 3. The standard InChI is InChI=1S/C18H17N3O4/c1-22-15-6-12(7-16-17(15)24-10-23-16)18-19-4-5-21(18)9-13-8-14(25-20-13)11-2-3-11/h4-8,11H,2-3,9-10H2,1H3. The molecule has 0 unspecified atom stereocenters. The van der Waals surface area contributed by atoms with Crippen LogP contribution < -0.4 is 14.2 Å². The molecule has 0 amide bonds.